The van der Waals surface area contributed by atoms with Gasteiger partial charge in [-0.2, -0.15) is 0 Å². The third-order valence-corrected chi connectivity index (χ3v) is 7.56. The lowest BCUT2D eigenvalue weighted by atomic mass is 9.71. The zero-order valence-electron chi connectivity index (χ0n) is 23.3. The van der Waals surface area contributed by atoms with E-state index < -0.39 is 5.92 Å². The molecule has 2 N–H and O–H groups in total. The van der Waals surface area contributed by atoms with Gasteiger partial charge in [0.2, 0.25) is 0 Å². The Bertz CT molecular complexity index is 1520. The predicted octanol–water partition coefficient (Wildman–Crippen LogP) is 5.42. The number of methoxy groups -OCH3 is 3. The number of rotatable bonds is 7. The number of benzene rings is 2. The maximum absolute atomic E-state index is 14.0. The van der Waals surface area contributed by atoms with Crippen LogP contribution in [0.25, 0.3) is 0 Å². The molecule has 0 saturated heterocycles. The molecule has 0 bridgehead atoms. The number of hydrogen-bond acceptors (Lipinski definition) is 7. The van der Waals surface area contributed by atoms with Crippen LogP contribution in [-0.2, 0) is 9.59 Å². The maximum Gasteiger partial charge on any atom is 0.255 e. The first kappa shape index (κ1) is 27.0. The zero-order chi connectivity index (χ0) is 28.4. The Balaban J connectivity index is 1.61. The summed E-state index contributed by atoms with van der Waals surface area (Å²) in [6.07, 6.45) is 2.60. The molecule has 5 rings (SSSR count). The van der Waals surface area contributed by atoms with Crippen molar-refractivity contribution in [3.05, 3.63) is 100 Å². The summed E-state index contributed by atoms with van der Waals surface area (Å²) < 4.78 is 16.7. The number of ketones is 1. The first-order valence-corrected chi connectivity index (χ1v) is 13.2. The molecule has 1 aromatic heterocycles. The fourth-order valence-corrected chi connectivity index (χ4v) is 5.69. The lowest BCUT2D eigenvalue weighted by molar-refractivity contribution is -0.116. The van der Waals surface area contributed by atoms with Crippen molar-refractivity contribution in [1.82, 2.24) is 10.3 Å². The number of hydrogen-bond donors (Lipinski definition) is 2. The van der Waals surface area contributed by atoms with Gasteiger partial charge in [-0.3, -0.25) is 9.59 Å². The minimum absolute atomic E-state index is 0.00261. The molecular formula is C32H33N3O5. The molecule has 0 fully saturated rings. The molecule has 3 aromatic rings. The number of ether oxygens (including phenoxy) is 3. The second-order valence-corrected chi connectivity index (χ2v) is 10.0. The summed E-state index contributed by atoms with van der Waals surface area (Å²) in [5.41, 5.74) is 5.22. The van der Waals surface area contributed by atoms with Crippen LogP contribution in [0.4, 0.5) is 5.82 Å². The predicted molar refractivity (Wildman–Crippen MR) is 153 cm³/mol. The summed E-state index contributed by atoms with van der Waals surface area (Å²) in [6, 6.07) is 17.0. The number of amides is 1. The molecule has 8 heteroatoms. The number of aromatic nitrogens is 1. The van der Waals surface area contributed by atoms with Crippen molar-refractivity contribution in [3.63, 3.8) is 0 Å². The van der Waals surface area contributed by atoms with E-state index in [4.69, 9.17) is 14.2 Å². The third kappa shape index (κ3) is 5.04. The van der Waals surface area contributed by atoms with Crippen LogP contribution >= 0.6 is 0 Å². The van der Waals surface area contributed by atoms with Crippen LogP contribution in [0, 0.1) is 6.92 Å². The number of carbonyl (C=O) groups is 2. The monoisotopic (exact) mass is 539 g/mol. The van der Waals surface area contributed by atoms with E-state index in [9.17, 15) is 9.59 Å². The molecule has 2 aliphatic rings. The van der Waals surface area contributed by atoms with Gasteiger partial charge in [0, 0.05) is 40.7 Å². The number of Topliss-reactive ketones (excluding diaryl/α,β-unsaturated/α-hetero) is 1. The van der Waals surface area contributed by atoms with Gasteiger partial charge in [-0.25, -0.2) is 4.98 Å². The van der Waals surface area contributed by atoms with Crippen molar-refractivity contribution >= 4 is 17.5 Å². The number of nitrogens with one attached hydrogen (secondary N) is 2. The number of dihydropyridines is 1. The number of allylic oxidation sites excluding steroid dienone is 3. The first-order valence-electron chi connectivity index (χ1n) is 13.2. The van der Waals surface area contributed by atoms with Crippen molar-refractivity contribution in [1.29, 1.82) is 0 Å². The van der Waals surface area contributed by atoms with Crippen molar-refractivity contribution in [2.45, 2.75) is 38.5 Å². The van der Waals surface area contributed by atoms with Gasteiger partial charge in [0.25, 0.3) is 5.91 Å². The van der Waals surface area contributed by atoms with Gasteiger partial charge in [0.1, 0.15) is 11.6 Å². The zero-order valence-corrected chi connectivity index (χ0v) is 23.3. The Morgan fingerprint density at radius 3 is 2.42 bits per heavy atom. The Morgan fingerprint density at radius 1 is 0.975 bits per heavy atom. The van der Waals surface area contributed by atoms with E-state index in [1.165, 1.54) is 0 Å². The summed E-state index contributed by atoms with van der Waals surface area (Å²) in [5, 5.41) is 6.36. The van der Waals surface area contributed by atoms with Crippen LogP contribution < -0.4 is 24.8 Å². The Hall–Kier alpha value is -4.59. The molecule has 1 aliphatic heterocycles. The summed E-state index contributed by atoms with van der Waals surface area (Å²) in [7, 11) is 4.76. The standard InChI is InChI=1S/C32H33N3O5/c1-18-13-14-33-27(15-18)35-32(37)28-19(2)34-24-16-21(20-9-11-22(38-3)12-10-20)17-25(36)30(24)29(28)23-7-6-8-26(39-4)31(23)40-5/h6-15,21,29,34H,16-17H2,1-5H3,(H,33,35,37). The number of carbonyl (C=O) groups excluding carboxylic acids is 2. The summed E-state index contributed by atoms with van der Waals surface area (Å²) >= 11 is 0. The summed E-state index contributed by atoms with van der Waals surface area (Å²) in [6.45, 7) is 3.80. The largest absolute Gasteiger partial charge is 0.497 e. The van der Waals surface area contributed by atoms with E-state index in [0.717, 1.165) is 22.6 Å². The molecule has 40 heavy (non-hydrogen) atoms. The topological polar surface area (TPSA) is 98.8 Å². The molecule has 8 nitrogen and oxygen atoms in total. The van der Waals surface area contributed by atoms with E-state index >= 15 is 0 Å². The molecular weight excluding hydrogens is 506 g/mol. The molecule has 206 valence electrons. The van der Waals surface area contributed by atoms with Gasteiger partial charge in [0.05, 0.1) is 27.2 Å². The highest BCUT2D eigenvalue weighted by Crippen LogP contribution is 2.49. The van der Waals surface area contributed by atoms with Gasteiger partial charge in [0.15, 0.2) is 17.3 Å². The molecule has 2 atom stereocenters. The highest BCUT2D eigenvalue weighted by atomic mass is 16.5. The highest BCUT2D eigenvalue weighted by molar-refractivity contribution is 6.10. The van der Waals surface area contributed by atoms with Crippen LogP contribution in [0.3, 0.4) is 0 Å². The molecule has 1 aliphatic carbocycles. The highest BCUT2D eigenvalue weighted by Gasteiger charge is 2.42. The average Bonchev–Trinajstić information content (AvgIpc) is 2.95. The molecule has 0 radical (unpaired) electrons. The van der Waals surface area contributed by atoms with Crippen molar-refractivity contribution in [2.24, 2.45) is 0 Å². The molecule has 0 saturated carbocycles. The normalized spacial score (nSPS) is 18.6. The molecule has 0 spiro atoms. The fraction of sp³-hybridized carbons (Fsp3) is 0.281. The van der Waals surface area contributed by atoms with Gasteiger partial charge in [-0.1, -0.05) is 24.3 Å². The van der Waals surface area contributed by atoms with E-state index in [0.29, 0.717) is 52.6 Å². The Kier molecular flexibility index (Phi) is 7.60. The van der Waals surface area contributed by atoms with Gasteiger partial charge >= 0.3 is 0 Å². The van der Waals surface area contributed by atoms with Gasteiger partial charge in [-0.05, 0) is 67.6 Å². The second-order valence-electron chi connectivity index (χ2n) is 10.0. The number of nitrogens with zero attached hydrogens (tertiary/aromatic N) is 1. The van der Waals surface area contributed by atoms with Crippen LogP contribution in [0.5, 0.6) is 17.2 Å². The number of pyridine rings is 1. The number of anilines is 1. The summed E-state index contributed by atoms with van der Waals surface area (Å²) in [5.74, 6) is 1.21. The van der Waals surface area contributed by atoms with Crippen molar-refractivity contribution < 1.29 is 23.8 Å². The molecule has 2 heterocycles. The smallest absolute Gasteiger partial charge is 0.255 e. The lowest BCUT2D eigenvalue weighted by Crippen LogP contribution is -2.37. The average molecular weight is 540 g/mol. The van der Waals surface area contributed by atoms with E-state index in [1.807, 2.05) is 56.3 Å². The lowest BCUT2D eigenvalue weighted by Gasteiger charge is -2.37. The second kappa shape index (κ2) is 11.3. The Labute approximate surface area is 234 Å². The quantitative estimate of drug-likeness (QED) is 0.414. The van der Waals surface area contributed by atoms with Crippen LogP contribution in [0.1, 0.15) is 48.3 Å². The van der Waals surface area contributed by atoms with Gasteiger partial charge < -0.3 is 24.8 Å². The van der Waals surface area contributed by atoms with Crippen LogP contribution in [0.15, 0.2) is 83.3 Å². The first-order chi connectivity index (χ1) is 19.3. The fourth-order valence-electron chi connectivity index (χ4n) is 5.69. The SMILES string of the molecule is COc1ccc(C2CC(=O)C3=C(C2)NC(C)=C(C(=O)Nc2cc(C)ccn2)C3c2cccc(OC)c2OC)cc1. The number of aryl methyl sites for hydroxylation is 1. The maximum atomic E-state index is 14.0. The van der Waals surface area contributed by atoms with Crippen LogP contribution in [-0.4, -0.2) is 38.0 Å². The molecule has 1 amide bonds. The molecule has 2 unspecified atom stereocenters. The van der Waals surface area contributed by atoms with E-state index in [-0.39, 0.29) is 17.6 Å². The van der Waals surface area contributed by atoms with E-state index in [1.54, 1.807) is 39.7 Å². The minimum atomic E-state index is -0.657. The van der Waals surface area contributed by atoms with Crippen molar-refractivity contribution in [2.75, 3.05) is 26.6 Å². The molecule has 2 aromatic carbocycles. The van der Waals surface area contributed by atoms with E-state index in [2.05, 4.69) is 15.6 Å². The summed E-state index contributed by atoms with van der Waals surface area (Å²) in [4.78, 5) is 32.2. The number of para-hydroxylation sites is 1. The third-order valence-electron chi connectivity index (χ3n) is 7.56. The van der Waals surface area contributed by atoms with Gasteiger partial charge in [-0.15, -0.1) is 0 Å². The van der Waals surface area contributed by atoms with Crippen LogP contribution in [0.2, 0.25) is 0 Å². The van der Waals surface area contributed by atoms with Crippen molar-refractivity contribution in [3.8, 4) is 17.2 Å². The minimum Gasteiger partial charge on any atom is -0.497 e. The Morgan fingerprint density at radius 2 is 1.75 bits per heavy atom.